The van der Waals surface area contributed by atoms with Gasteiger partial charge in [-0.2, -0.15) is 0 Å². The van der Waals surface area contributed by atoms with Crippen LogP contribution in [0.3, 0.4) is 0 Å². The SMILES string of the molecule is COc1ccc(OC)c(N2C(=O)C(SCc3ccco3)=C(c3ccc(C)c(C)c3)C2=O)c1. The summed E-state index contributed by atoms with van der Waals surface area (Å²) in [5, 5.41) is 0. The van der Waals surface area contributed by atoms with E-state index in [4.69, 9.17) is 13.9 Å². The molecule has 0 unspecified atom stereocenters. The molecule has 164 valence electrons. The van der Waals surface area contributed by atoms with Crippen LogP contribution in [-0.4, -0.2) is 26.0 Å². The number of nitrogens with zero attached hydrogens (tertiary/aromatic N) is 1. The molecule has 32 heavy (non-hydrogen) atoms. The average molecular weight is 450 g/mol. The Labute approximate surface area is 190 Å². The summed E-state index contributed by atoms with van der Waals surface area (Å²) >= 11 is 1.29. The van der Waals surface area contributed by atoms with Crippen molar-refractivity contribution in [1.29, 1.82) is 0 Å². The van der Waals surface area contributed by atoms with E-state index in [-0.39, 0.29) is 0 Å². The zero-order valence-corrected chi connectivity index (χ0v) is 19.1. The molecule has 2 amide bonds. The van der Waals surface area contributed by atoms with Crippen LogP contribution in [0.5, 0.6) is 11.5 Å². The predicted molar refractivity (Wildman–Crippen MR) is 125 cm³/mol. The first kappa shape index (κ1) is 21.8. The number of ether oxygens (including phenoxy) is 2. The van der Waals surface area contributed by atoms with Crippen molar-refractivity contribution in [2.45, 2.75) is 19.6 Å². The van der Waals surface area contributed by atoms with E-state index in [9.17, 15) is 9.59 Å². The number of carbonyl (C=O) groups is 2. The van der Waals surface area contributed by atoms with Crippen LogP contribution < -0.4 is 14.4 Å². The van der Waals surface area contributed by atoms with Crippen LogP contribution in [0.4, 0.5) is 5.69 Å². The van der Waals surface area contributed by atoms with Crippen molar-refractivity contribution in [3.8, 4) is 11.5 Å². The number of thioether (sulfide) groups is 1. The molecule has 4 rings (SSSR count). The third-order valence-corrected chi connectivity index (χ3v) is 6.50. The van der Waals surface area contributed by atoms with Crippen LogP contribution in [0.2, 0.25) is 0 Å². The predicted octanol–water partition coefficient (Wildman–Crippen LogP) is 5.13. The number of carbonyl (C=O) groups excluding carboxylic acids is 2. The molecule has 2 heterocycles. The summed E-state index contributed by atoms with van der Waals surface area (Å²) in [5.74, 6) is 1.28. The van der Waals surface area contributed by atoms with Gasteiger partial charge in [0.05, 0.1) is 42.4 Å². The lowest BCUT2D eigenvalue weighted by Crippen LogP contribution is -2.31. The molecule has 0 N–H and O–H groups in total. The molecule has 0 bridgehead atoms. The molecular weight excluding hydrogens is 426 g/mol. The summed E-state index contributed by atoms with van der Waals surface area (Å²) in [7, 11) is 3.03. The lowest BCUT2D eigenvalue weighted by Gasteiger charge is -2.19. The highest BCUT2D eigenvalue weighted by Crippen LogP contribution is 2.43. The number of rotatable bonds is 7. The van der Waals surface area contributed by atoms with Gasteiger partial charge in [0.25, 0.3) is 11.8 Å². The van der Waals surface area contributed by atoms with Gasteiger partial charge in [-0.25, -0.2) is 4.90 Å². The number of furan rings is 1. The molecule has 0 fully saturated rings. The zero-order valence-electron chi connectivity index (χ0n) is 18.3. The summed E-state index contributed by atoms with van der Waals surface area (Å²) in [6.07, 6.45) is 1.59. The summed E-state index contributed by atoms with van der Waals surface area (Å²) in [6, 6.07) is 14.4. The molecule has 1 aliphatic heterocycles. The second-order valence-corrected chi connectivity index (χ2v) is 8.34. The van der Waals surface area contributed by atoms with Gasteiger partial charge in [-0.15, -0.1) is 11.8 Å². The fraction of sp³-hybridized carbons (Fsp3) is 0.200. The molecule has 0 spiro atoms. The minimum atomic E-state index is -0.397. The van der Waals surface area contributed by atoms with Gasteiger partial charge < -0.3 is 13.9 Å². The topological polar surface area (TPSA) is 69.0 Å². The van der Waals surface area contributed by atoms with Crippen molar-refractivity contribution in [2.24, 2.45) is 0 Å². The van der Waals surface area contributed by atoms with Crippen molar-refractivity contribution in [3.05, 3.63) is 82.1 Å². The maximum Gasteiger partial charge on any atom is 0.272 e. The van der Waals surface area contributed by atoms with E-state index in [0.717, 1.165) is 21.8 Å². The van der Waals surface area contributed by atoms with Gasteiger partial charge >= 0.3 is 0 Å². The molecule has 6 nitrogen and oxygen atoms in total. The number of amides is 2. The Morgan fingerprint density at radius 1 is 0.938 bits per heavy atom. The average Bonchev–Trinajstić information content (AvgIpc) is 3.39. The molecular formula is C25H23NO5S. The minimum absolute atomic E-state index is 0.344. The van der Waals surface area contributed by atoms with E-state index >= 15 is 0 Å². The standard InChI is InChI=1S/C25H23NO5S/c1-15-7-8-17(12-16(15)2)22-23(32-14-19-6-5-11-31-19)25(28)26(24(22)27)20-13-18(29-3)9-10-21(20)30-4/h5-13H,14H2,1-4H3. The number of imide groups is 1. The molecule has 0 aliphatic carbocycles. The molecule has 2 aromatic carbocycles. The first-order chi connectivity index (χ1) is 15.4. The van der Waals surface area contributed by atoms with Crippen LogP contribution in [0, 0.1) is 13.8 Å². The Balaban J connectivity index is 1.81. The Morgan fingerprint density at radius 3 is 2.41 bits per heavy atom. The Kier molecular flexibility index (Phi) is 6.10. The quantitative estimate of drug-likeness (QED) is 0.466. The second-order valence-electron chi connectivity index (χ2n) is 7.35. The number of anilines is 1. The van der Waals surface area contributed by atoms with Gasteiger partial charge in [-0.3, -0.25) is 9.59 Å². The zero-order chi connectivity index (χ0) is 22.8. The summed E-state index contributed by atoms with van der Waals surface area (Å²) in [4.78, 5) is 28.8. The lowest BCUT2D eigenvalue weighted by molar-refractivity contribution is -0.119. The van der Waals surface area contributed by atoms with Crippen LogP contribution in [0.15, 0.2) is 64.1 Å². The molecule has 0 radical (unpaired) electrons. The second kappa shape index (κ2) is 8.96. The lowest BCUT2D eigenvalue weighted by atomic mass is 10.0. The van der Waals surface area contributed by atoms with Gasteiger partial charge in [-0.05, 0) is 54.8 Å². The van der Waals surface area contributed by atoms with Gasteiger partial charge in [0.2, 0.25) is 0 Å². The number of hydrogen-bond acceptors (Lipinski definition) is 6. The van der Waals surface area contributed by atoms with Gasteiger partial charge in [-0.1, -0.05) is 18.2 Å². The number of benzene rings is 2. The summed E-state index contributed by atoms with van der Waals surface area (Å²) in [5.41, 5.74) is 3.58. The van der Waals surface area contributed by atoms with Crippen molar-refractivity contribution in [3.63, 3.8) is 0 Å². The Morgan fingerprint density at radius 2 is 1.75 bits per heavy atom. The van der Waals surface area contributed by atoms with Crippen LogP contribution in [-0.2, 0) is 15.3 Å². The van der Waals surface area contributed by atoms with Crippen molar-refractivity contribution in [1.82, 2.24) is 0 Å². The van der Waals surface area contributed by atoms with Crippen molar-refractivity contribution >= 4 is 34.8 Å². The number of hydrogen-bond donors (Lipinski definition) is 0. The minimum Gasteiger partial charge on any atom is -0.497 e. The van der Waals surface area contributed by atoms with Crippen LogP contribution in [0.1, 0.15) is 22.5 Å². The summed E-state index contributed by atoms with van der Waals surface area (Å²) < 4.78 is 16.2. The monoisotopic (exact) mass is 449 g/mol. The van der Waals surface area contributed by atoms with E-state index in [1.54, 1.807) is 30.5 Å². The van der Waals surface area contributed by atoms with Gasteiger partial charge in [0.1, 0.15) is 17.3 Å². The maximum absolute atomic E-state index is 13.7. The number of methoxy groups -OCH3 is 2. The largest absolute Gasteiger partial charge is 0.497 e. The molecule has 7 heteroatoms. The number of aryl methyl sites for hydroxylation is 2. The Bertz CT molecular complexity index is 1210. The Hall–Kier alpha value is -3.45. The van der Waals surface area contributed by atoms with Crippen molar-refractivity contribution in [2.75, 3.05) is 19.1 Å². The molecule has 0 saturated carbocycles. The van der Waals surface area contributed by atoms with E-state index in [2.05, 4.69) is 0 Å². The molecule has 0 saturated heterocycles. The maximum atomic E-state index is 13.7. The third-order valence-electron chi connectivity index (χ3n) is 5.40. The van der Waals surface area contributed by atoms with E-state index < -0.39 is 11.8 Å². The highest BCUT2D eigenvalue weighted by Gasteiger charge is 2.41. The van der Waals surface area contributed by atoms with Crippen molar-refractivity contribution < 1.29 is 23.5 Å². The van der Waals surface area contributed by atoms with E-state index in [1.165, 1.54) is 26.0 Å². The van der Waals surface area contributed by atoms with Crippen LogP contribution >= 0.6 is 11.8 Å². The first-order valence-electron chi connectivity index (χ1n) is 10.0. The first-order valence-corrected chi connectivity index (χ1v) is 11.0. The molecule has 0 atom stereocenters. The molecule has 1 aromatic heterocycles. The molecule has 3 aromatic rings. The third kappa shape index (κ3) is 3.91. The highest BCUT2D eigenvalue weighted by atomic mass is 32.2. The van der Waals surface area contributed by atoms with E-state index in [0.29, 0.717) is 39.0 Å². The summed E-state index contributed by atoms with van der Waals surface area (Å²) in [6.45, 7) is 3.99. The van der Waals surface area contributed by atoms with Gasteiger partial charge in [0, 0.05) is 6.07 Å². The van der Waals surface area contributed by atoms with Crippen LogP contribution in [0.25, 0.3) is 5.57 Å². The molecule has 1 aliphatic rings. The fourth-order valence-corrected chi connectivity index (χ4v) is 4.54. The normalized spacial score (nSPS) is 13.8. The fourth-order valence-electron chi connectivity index (χ4n) is 3.52. The van der Waals surface area contributed by atoms with E-state index in [1.807, 2.05) is 38.1 Å². The smallest absolute Gasteiger partial charge is 0.272 e. The van der Waals surface area contributed by atoms with Gasteiger partial charge in [0.15, 0.2) is 0 Å². The highest BCUT2D eigenvalue weighted by molar-refractivity contribution is 8.03.